The van der Waals surface area contributed by atoms with Crippen LogP contribution in [0.2, 0.25) is 0 Å². The lowest BCUT2D eigenvalue weighted by atomic mass is 10.4. The van der Waals surface area contributed by atoms with Crippen LogP contribution < -0.4 is 0 Å². The Morgan fingerprint density at radius 1 is 1.47 bits per heavy atom. The van der Waals surface area contributed by atoms with E-state index in [4.69, 9.17) is 5.11 Å². The number of carboxylic acid groups (broad SMARTS) is 1. The molecule has 0 unspecified atom stereocenters. The van der Waals surface area contributed by atoms with Crippen LogP contribution in [-0.4, -0.2) is 35.7 Å². The summed E-state index contributed by atoms with van der Waals surface area (Å²) in [6.07, 6.45) is 4.39. The van der Waals surface area contributed by atoms with Gasteiger partial charge in [-0.15, -0.1) is 0 Å². The Kier molecular flexibility index (Phi) is 1.93. The van der Waals surface area contributed by atoms with Gasteiger partial charge in [0.15, 0.2) is 5.75 Å². The zero-order chi connectivity index (χ0) is 11.0. The first-order valence-electron chi connectivity index (χ1n) is 4.09. The number of hydrogen-bond donors (Lipinski definition) is 2. The number of rotatable bonds is 2. The molecule has 2 aromatic rings. The normalized spacial score (nSPS) is 10.5. The summed E-state index contributed by atoms with van der Waals surface area (Å²) in [5.74, 6) is -1.64. The minimum Gasteiger partial charge on any atom is -0.504 e. The van der Waals surface area contributed by atoms with Gasteiger partial charge in [0.1, 0.15) is 5.69 Å². The fraction of sp³-hybridized carbons (Fsp3) is 0.125. The number of hydrogen-bond acceptors (Lipinski definition) is 4. The SMILES string of the molecule is Cn1cc(-n2cc(O)c(C(=O)O)n2)cn1. The molecule has 0 aromatic carbocycles. The Bertz CT molecular complexity index is 514. The van der Waals surface area contributed by atoms with Crippen molar-refractivity contribution in [2.24, 2.45) is 7.05 Å². The highest BCUT2D eigenvalue weighted by Crippen LogP contribution is 2.17. The molecule has 0 saturated heterocycles. The fourth-order valence-electron chi connectivity index (χ4n) is 1.18. The number of aryl methyl sites for hydroxylation is 1. The minimum absolute atomic E-state index is 0.369. The summed E-state index contributed by atoms with van der Waals surface area (Å²) in [7, 11) is 1.73. The Balaban J connectivity index is 2.46. The van der Waals surface area contributed by atoms with Crippen LogP contribution in [0, 0.1) is 0 Å². The van der Waals surface area contributed by atoms with Crippen molar-refractivity contribution in [2.45, 2.75) is 0 Å². The maximum absolute atomic E-state index is 10.6. The molecule has 2 N–H and O–H groups in total. The fourth-order valence-corrected chi connectivity index (χ4v) is 1.18. The van der Waals surface area contributed by atoms with Gasteiger partial charge in [0.25, 0.3) is 0 Å². The van der Waals surface area contributed by atoms with E-state index in [0.29, 0.717) is 5.69 Å². The van der Waals surface area contributed by atoms with E-state index in [1.165, 1.54) is 17.1 Å². The van der Waals surface area contributed by atoms with Crippen LogP contribution in [0.25, 0.3) is 5.69 Å². The number of carboxylic acids is 1. The number of carbonyl (C=O) groups is 1. The van der Waals surface area contributed by atoms with Crippen molar-refractivity contribution in [2.75, 3.05) is 0 Å². The van der Waals surface area contributed by atoms with Crippen LogP contribution in [0.5, 0.6) is 5.75 Å². The van der Waals surface area contributed by atoms with Gasteiger partial charge >= 0.3 is 5.97 Å². The second-order valence-corrected chi connectivity index (χ2v) is 2.98. The standard InChI is InChI=1S/C8H8N4O3/c1-11-3-5(2-9-11)12-4-6(13)7(10-12)8(14)15/h2-4,13H,1H3,(H,14,15). The van der Waals surface area contributed by atoms with Gasteiger partial charge in [0.2, 0.25) is 5.69 Å². The van der Waals surface area contributed by atoms with E-state index < -0.39 is 5.97 Å². The average molecular weight is 208 g/mol. The predicted octanol–water partition coefficient (Wildman–Crippen LogP) is 0.00960. The molecule has 15 heavy (non-hydrogen) atoms. The lowest BCUT2D eigenvalue weighted by molar-refractivity contribution is 0.0687. The molecule has 2 rings (SSSR count). The van der Waals surface area contributed by atoms with Crippen molar-refractivity contribution in [1.82, 2.24) is 19.6 Å². The Morgan fingerprint density at radius 3 is 2.67 bits per heavy atom. The molecule has 0 aliphatic rings. The summed E-state index contributed by atoms with van der Waals surface area (Å²) in [5.41, 5.74) is 0.208. The third-order valence-corrected chi connectivity index (χ3v) is 1.85. The molecule has 0 amide bonds. The highest BCUT2D eigenvalue weighted by Gasteiger charge is 2.15. The molecular formula is C8H8N4O3. The Morgan fingerprint density at radius 2 is 2.20 bits per heavy atom. The lowest BCUT2D eigenvalue weighted by Crippen LogP contribution is -2.00. The monoisotopic (exact) mass is 208 g/mol. The van der Waals surface area contributed by atoms with Crippen LogP contribution in [0.1, 0.15) is 10.5 Å². The van der Waals surface area contributed by atoms with Crippen molar-refractivity contribution in [3.8, 4) is 11.4 Å². The molecule has 78 valence electrons. The molecule has 0 fully saturated rings. The second-order valence-electron chi connectivity index (χ2n) is 2.98. The van der Waals surface area contributed by atoms with E-state index in [1.54, 1.807) is 17.9 Å². The molecule has 0 radical (unpaired) electrons. The average Bonchev–Trinajstić information content (AvgIpc) is 2.71. The molecule has 0 saturated carbocycles. The van der Waals surface area contributed by atoms with Crippen LogP contribution in [-0.2, 0) is 7.05 Å². The number of aromatic nitrogens is 4. The zero-order valence-corrected chi connectivity index (χ0v) is 7.82. The maximum Gasteiger partial charge on any atom is 0.360 e. The highest BCUT2D eigenvalue weighted by atomic mass is 16.4. The molecule has 0 spiro atoms. The largest absolute Gasteiger partial charge is 0.504 e. The molecular weight excluding hydrogens is 200 g/mol. The van der Waals surface area contributed by atoms with Crippen molar-refractivity contribution < 1.29 is 15.0 Å². The first-order valence-corrected chi connectivity index (χ1v) is 4.09. The van der Waals surface area contributed by atoms with Crippen LogP contribution in [0.3, 0.4) is 0 Å². The van der Waals surface area contributed by atoms with Gasteiger partial charge in [-0.25, -0.2) is 9.48 Å². The molecule has 2 heterocycles. The number of aromatic carboxylic acids is 1. The topological polar surface area (TPSA) is 93.2 Å². The molecule has 0 aliphatic carbocycles. The van der Waals surface area contributed by atoms with E-state index in [2.05, 4.69) is 10.2 Å². The minimum atomic E-state index is -1.27. The summed E-state index contributed by atoms with van der Waals surface area (Å²) < 4.78 is 2.81. The molecule has 7 heteroatoms. The smallest absolute Gasteiger partial charge is 0.360 e. The summed E-state index contributed by atoms with van der Waals surface area (Å²) in [6, 6.07) is 0. The molecule has 7 nitrogen and oxygen atoms in total. The van der Waals surface area contributed by atoms with E-state index >= 15 is 0 Å². The second kappa shape index (κ2) is 3.12. The Labute approximate surface area is 84.2 Å². The van der Waals surface area contributed by atoms with Crippen molar-refractivity contribution in [3.63, 3.8) is 0 Å². The number of nitrogens with zero attached hydrogens (tertiary/aromatic N) is 4. The van der Waals surface area contributed by atoms with Crippen molar-refractivity contribution >= 4 is 5.97 Å². The summed E-state index contributed by atoms with van der Waals surface area (Å²) in [6.45, 7) is 0. The zero-order valence-electron chi connectivity index (χ0n) is 7.82. The van der Waals surface area contributed by atoms with Gasteiger partial charge in [-0.1, -0.05) is 0 Å². The lowest BCUT2D eigenvalue weighted by Gasteiger charge is -1.92. The van der Waals surface area contributed by atoms with Gasteiger partial charge in [-0.3, -0.25) is 4.68 Å². The first-order chi connectivity index (χ1) is 7.08. The van der Waals surface area contributed by atoms with Gasteiger partial charge in [0, 0.05) is 7.05 Å². The number of aromatic hydroxyl groups is 1. The Hall–Kier alpha value is -2.31. The predicted molar refractivity (Wildman–Crippen MR) is 49.0 cm³/mol. The maximum atomic E-state index is 10.6. The molecule has 0 bridgehead atoms. The summed E-state index contributed by atoms with van der Waals surface area (Å²) in [5, 5.41) is 25.6. The van der Waals surface area contributed by atoms with Crippen LogP contribution in [0.4, 0.5) is 0 Å². The van der Waals surface area contributed by atoms with Gasteiger partial charge in [-0.05, 0) is 0 Å². The third kappa shape index (κ3) is 1.54. The van der Waals surface area contributed by atoms with Crippen LogP contribution >= 0.6 is 0 Å². The van der Waals surface area contributed by atoms with Crippen molar-refractivity contribution in [3.05, 3.63) is 24.3 Å². The molecule has 2 aromatic heterocycles. The van der Waals surface area contributed by atoms with E-state index in [9.17, 15) is 9.90 Å². The highest BCUT2D eigenvalue weighted by molar-refractivity contribution is 5.88. The van der Waals surface area contributed by atoms with Gasteiger partial charge in [0.05, 0.1) is 18.6 Å². The van der Waals surface area contributed by atoms with Crippen molar-refractivity contribution in [1.29, 1.82) is 0 Å². The van der Waals surface area contributed by atoms with Gasteiger partial charge in [-0.2, -0.15) is 10.2 Å². The van der Waals surface area contributed by atoms with E-state index in [0.717, 1.165) is 0 Å². The van der Waals surface area contributed by atoms with E-state index in [1.807, 2.05) is 0 Å². The van der Waals surface area contributed by atoms with E-state index in [-0.39, 0.29) is 11.4 Å². The van der Waals surface area contributed by atoms with Gasteiger partial charge < -0.3 is 10.2 Å². The quantitative estimate of drug-likeness (QED) is 0.725. The first kappa shape index (κ1) is 9.25. The van der Waals surface area contributed by atoms with Crippen LogP contribution in [0.15, 0.2) is 18.6 Å². The summed E-state index contributed by atoms with van der Waals surface area (Å²) in [4.78, 5) is 10.6. The third-order valence-electron chi connectivity index (χ3n) is 1.85. The molecule has 0 atom stereocenters. The summed E-state index contributed by atoms with van der Waals surface area (Å²) >= 11 is 0. The molecule has 0 aliphatic heterocycles.